The summed E-state index contributed by atoms with van der Waals surface area (Å²) in [5.41, 5.74) is -0.0140. The number of hydrogen-bond acceptors (Lipinski definition) is 5. The van der Waals surface area contributed by atoms with Crippen LogP contribution in [-0.4, -0.2) is 59.2 Å². The van der Waals surface area contributed by atoms with Crippen molar-refractivity contribution in [1.29, 1.82) is 0 Å². The number of carboxylic acids is 1. The summed E-state index contributed by atoms with van der Waals surface area (Å²) < 4.78 is 0. The molecule has 0 spiro atoms. The van der Waals surface area contributed by atoms with Gasteiger partial charge in [0.05, 0.1) is 12.4 Å². The van der Waals surface area contributed by atoms with E-state index in [0.717, 1.165) is 25.3 Å². The molecule has 18 heavy (non-hydrogen) atoms. The van der Waals surface area contributed by atoms with Crippen molar-refractivity contribution in [2.24, 2.45) is 0 Å². The Labute approximate surface area is 106 Å². The van der Waals surface area contributed by atoms with Crippen molar-refractivity contribution in [3.05, 3.63) is 18.1 Å². The van der Waals surface area contributed by atoms with E-state index in [-0.39, 0.29) is 5.69 Å². The highest BCUT2D eigenvalue weighted by Gasteiger charge is 2.22. The van der Waals surface area contributed by atoms with Crippen molar-refractivity contribution in [2.45, 2.75) is 18.9 Å². The molecule has 1 N–H and O–H groups in total. The number of anilines is 1. The van der Waals surface area contributed by atoms with E-state index in [0.29, 0.717) is 6.04 Å². The zero-order valence-electron chi connectivity index (χ0n) is 10.7. The van der Waals surface area contributed by atoms with Gasteiger partial charge < -0.3 is 14.9 Å². The highest BCUT2D eigenvalue weighted by molar-refractivity contribution is 5.84. The number of rotatable bonds is 3. The molecule has 0 bridgehead atoms. The third-order valence-corrected chi connectivity index (χ3v) is 3.31. The molecular formula is C12H18N4O2. The molecule has 1 unspecified atom stereocenters. The van der Waals surface area contributed by atoms with Crippen molar-refractivity contribution in [3.8, 4) is 0 Å². The van der Waals surface area contributed by atoms with Gasteiger partial charge in [-0.1, -0.05) is 0 Å². The molecule has 0 radical (unpaired) electrons. The lowest BCUT2D eigenvalue weighted by Gasteiger charge is -2.36. The zero-order chi connectivity index (χ0) is 13.1. The van der Waals surface area contributed by atoms with Gasteiger partial charge in [-0.25, -0.2) is 14.8 Å². The van der Waals surface area contributed by atoms with Crippen LogP contribution in [0.25, 0.3) is 0 Å². The molecule has 2 heterocycles. The fourth-order valence-electron chi connectivity index (χ4n) is 2.18. The Morgan fingerprint density at radius 2 is 2.22 bits per heavy atom. The number of carbonyl (C=O) groups is 1. The lowest BCUT2D eigenvalue weighted by Crippen LogP contribution is -2.45. The van der Waals surface area contributed by atoms with Crippen LogP contribution in [0.1, 0.15) is 23.3 Å². The van der Waals surface area contributed by atoms with Crippen LogP contribution in [0.4, 0.5) is 5.82 Å². The Balaban J connectivity index is 2.09. The quantitative estimate of drug-likeness (QED) is 0.852. The zero-order valence-corrected chi connectivity index (χ0v) is 10.7. The highest BCUT2D eigenvalue weighted by Crippen LogP contribution is 2.19. The smallest absolute Gasteiger partial charge is 0.356 e. The minimum atomic E-state index is -1.04. The van der Waals surface area contributed by atoms with E-state index in [9.17, 15) is 4.79 Å². The topological polar surface area (TPSA) is 69.6 Å². The van der Waals surface area contributed by atoms with Gasteiger partial charge in [0.2, 0.25) is 0 Å². The predicted octanol–water partition coefficient (Wildman–Crippen LogP) is 0.705. The summed E-state index contributed by atoms with van der Waals surface area (Å²) in [6.07, 6.45) is 5.16. The van der Waals surface area contributed by atoms with Gasteiger partial charge in [-0.2, -0.15) is 0 Å². The van der Waals surface area contributed by atoms with E-state index >= 15 is 0 Å². The molecule has 1 aromatic rings. The van der Waals surface area contributed by atoms with Crippen LogP contribution >= 0.6 is 0 Å². The lowest BCUT2D eigenvalue weighted by atomic mass is 10.1. The molecule has 0 amide bonds. The first-order chi connectivity index (χ1) is 8.58. The number of nitrogens with zero attached hydrogens (tertiary/aromatic N) is 4. The van der Waals surface area contributed by atoms with Crippen molar-refractivity contribution in [1.82, 2.24) is 14.9 Å². The fourth-order valence-corrected chi connectivity index (χ4v) is 2.18. The van der Waals surface area contributed by atoms with Crippen molar-refractivity contribution in [2.75, 3.05) is 32.1 Å². The Morgan fingerprint density at radius 1 is 1.44 bits per heavy atom. The second kappa shape index (κ2) is 5.30. The van der Waals surface area contributed by atoms with E-state index in [1.807, 2.05) is 0 Å². The second-order valence-electron chi connectivity index (χ2n) is 4.77. The SMILES string of the molecule is CN(C)C1CCCN(c2cnc(C(=O)O)cn2)C1. The Kier molecular flexibility index (Phi) is 3.76. The minimum absolute atomic E-state index is 0.0140. The molecule has 1 aliphatic heterocycles. The monoisotopic (exact) mass is 250 g/mol. The lowest BCUT2D eigenvalue weighted by molar-refractivity contribution is 0.0690. The fraction of sp³-hybridized carbons (Fsp3) is 0.583. The molecular weight excluding hydrogens is 232 g/mol. The predicted molar refractivity (Wildman–Crippen MR) is 67.9 cm³/mol. The van der Waals surface area contributed by atoms with E-state index in [2.05, 4.69) is 33.9 Å². The molecule has 1 fully saturated rings. The number of likely N-dealkylation sites (N-methyl/N-ethyl adjacent to an activating group) is 1. The molecule has 0 aromatic carbocycles. The van der Waals surface area contributed by atoms with Gasteiger partial charge in [0.25, 0.3) is 0 Å². The maximum atomic E-state index is 10.7. The molecule has 6 nitrogen and oxygen atoms in total. The van der Waals surface area contributed by atoms with E-state index < -0.39 is 5.97 Å². The second-order valence-corrected chi connectivity index (χ2v) is 4.77. The van der Waals surface area contributed by atoms with Gasteiger partial charge in [-0.3, -0.25) is 0 Å². The minimum Gasteiger partial charge on any atom is -0.476 e. The van der Waals surface area contributed by atoms with Crippen LogP contribution in [0.2, 0.25) is 0 Å². The van der Waals surface area contributed by atoms with Crippen LogP contribution in [0.5, 0.6) is 0 Å². The molecule has 2 rings (SSSR count). The van der Waals surface area contributed by atoms with Gasteiger partial charge in [-0.05, 0) is 26.9 Å². The average Bonchev–Trinajstić information content (AvgIpc) is 2.39. The largest absolute Gasteiger partial charge is 0.476 e. The number of carboxylic acid groups (broad SMARTS) is 1. The summed E-state index contributed by atoms with van der Waals surface area (Å²) in [6.45, 7) is 1.86. The molecule has 1 aromatic heterocycles. The third kappa shape index (κ3) is 2.76. The molecule has 0 saturated carbocycles. The van der Waals surface area contributed by atoms with Crippen LogP contribution < -0.4 is 4.90 Å². The highest BCUT2D eigenvalue weighted by atomic mass is 16.4. The molecule has 98 valence electrons. The van der Waals surface area contributed by atoms with Crippen LogP contribution in [-0.2, 0) is 0 Å². The standard InChI is InChI=1S/C12H18N4O2/c1-15(2)9-4-3-5-16(8-9)11-7-13-10(6-14-11)12(17)18/h6-7,9H,3-5,8H2,1-2H3,(H,17,18). The Hall–Kier alpha value is -1.69. The normalized spacial score (nSPS) is 20.2. The number of hydrogen-bond donors (Lipinski definition) is 1. The number of piperidine rings is 1. The molecule has 6 heteroatoms. The van der Waals surface area contributed by atoms with E-state index in [1.54, 1.807) is 6.20 Å². The molecule has 1 atom stereocenters. The van der Waals surface area contributed by atoms with Gasteiger partial charge in [0.15, 0.2) is 5.69 Å². The summed E-state index contributed by atoms with van der Waals surface area (Å²) in [7, 11) is 4.15. The van der Waals surface area contributed by atoms with Crippen LogP contribution in [0, 0.1) is 0 Å². The maximum absolute atomic E-state index is 10.7. The van der Waals surface area contributed by atoms with Crippen LogP contribution in [0.15, 0.2) is 12.4 Å². The molecule has 1 saturated heterocycles. The van der Waals surface area contributed by atoms with Gasteiger partial charge in [-0.15, -0.1) is 0 Å². The van der Waals surface area contributed by atoms with Gasteiger partial charge >= 0.3 is 5.97 Å². The summed E-state index contributed by atoms with van der Waals surface area (Å²) in [4.78, 5) is 23.2. The van der Waals surface area contributed by atoms with E-state index in [1.165, 1.54) is 12.6 Å². The van der Waals surface area contributed by atoms with Crippen molar-refractivity contribution < 1.29 is 9.90 Å². The Morgan fingerprint density at radius 3 is 2.78 bits per heavy atom. The molecule has 0 aliphatic carbocycles. The van der Waals surface area contributed by atoms with Crippen molar-refractivity contribution >= 4 is 11.8 Å². The summed E-state index contributed by atoms with van der Waals surface area (Å²) in [6, 6.07) is 0.514. The van der Waals surface area contributed by atoms with Gasteiger partial charge in [0.1, 0.15) is 5.82 Å². The first kappa shape index (κ1) is 12.8. The average molecular weight is 250 g/mol. The summed E-state index contributed by atoms with van der Waals surface area (Å²) in [5, 5.41) is 8.78. The van der Waals surface area contributed by atoms with Crippen molar-refractivity contribution in [3.63, 3.8) is 0 Å². The van der Waals surface area contributed by atoms with E-state index in [4.69, 9.17) is 5.11 Å². The summed E-state index contributed by atoms with van der Waals surface area (Å²) in [5.74, 6) is -0.287. The molecule has 1 aliphatic rings. The first-order valence-corrected chi connectivity index (χ1v) is 6.04. The summed E-state index contributed by atoms with van der Waals surface area (Å²) >= 11 is 0. The van der Waals surface area contributed by atoms with Crippen LogP contribution in [0.3, 0.4) is 0 Å². The third-order valence-electron chi connectivity index (χ3n) is 3.31. The Bertz CT molecular complexity index is 419. The number of aromatic nitrogens is 2. The van der Waals surface area contributed by atoms with Gasteiger partial charge in [0, 0.05) is 19.1 Å². The maximum Gasteiger partial charge on any atom is 0.356 e. The first-order valence-electron chi connectivity index (χ1n) is 6.04. The number of aromatic carboxylic acids is 1.